The van der Waals surface area contributed by atoms with Crippen molar-refractivity contribution in [1.29, 1.82) is 10.7 Å². The summed E-state index contributed by atoms with van der Waals surface area (Å²) in [6.45, 7) is 0. The normalized spacial score (nSPS) is 9.31. The van der Waals surface area contributed by atoms with E-state index in [1.165, 1.54) is 12.1 Å². The molecule has 0 amide bonds. The highest BCUT2D eigenvalue weighted by molar-refractivity contribution is 6.34. The third-order valence-corrected chi connectivity index (χ3v) is 1.82. The number of nitriles is 1. The van der Waals surface area contributed by atoms with Crippen molar-refractivity contribution in [2.24, 2.45) is 0 Å². The minimum atomic E-state index is -0.446. The first kappa shape index (κ1) is 9.69. The Morgan fingerprint density at radius 3 is 2.85 bits per heavy atom. The third-order valence-electron chi connectivity index (χ3n) is 1.51. The molecule has 0 aliphatic heterocycles. The van der Waals surface area contributed by atoms with Crippen molar-refractivity contribution in [3.8, 4) is 6.07 Å². The zero-order valence-corrected chi connectivity index (χ0v) is 7.40. The Hall–Kier alpha value is -1.40. The highest BCUT2D eigenvalue weighted by Gasteiger charge is 2.06. The molecular formula is C9H6ClFN2. The Morgan fingerprint density at radius 1 is 1.62 bits per heavy atom. The van der Waals surface area contributed by atoms with Gasteiger partial charge in [0.05, 0.1) is 23.2 Å². The lowest BCUT2D eigenvalue weighted by atomic mass is 10.1. The maximum absolute atomic E-state index is 12.6. The van der Waals surface area contributed by atoms with Crippen molar-refractivity contribution in [1.82, 2.24) is 0 Å². The lowest BCUT2D eigenvalue weighted by Gasteiger charge is -2.01. The molecule has 1 aromatic carbocycles. The molecule has 0 saturated heterocycles. The minimum Gasteiger partial charge on any atom is -0.304 e. The molecule has 13 heavy (non-hydrogen) atoms. The maximum atomic E-state index is 12.6. The molecule has 0 aromatic heterocycles. The van der Waals surface area contributed by atoms with Crippen LogP contribution in [0.5, 0.6) is 0 Å². The molecule has 0 unspecified atom stereocenters. The molecule has 0 saturated carbocycles. The van der Waals surface area contributed by atoms with Gasteiger partial charge in [-0.3, -0.25) is 0 Å². The minimum absolute atomic E-state index is 0.0225. The molecule has 0 aliphatic carbocycles. The van der Waals surface area contributed by atoms with E-state index in [2.05, 4.69) is 0 Å². The zero-order chi connectivity index (χ0) is 9.84. The Kier molecular flexibility index (Phi) is 2.99. The van der Waals surface area contributed by atoms with Crippen LogP contribution in [0.3, 0.4) is 0 Å². The van der Waals surface area contributed by atoms with Crippen LogP contribution in [-0.2, 0) is 0 Å². The van der Waals surface area contributed by atoms with Gasteiger partial charge in [-0.2, -0.15) is 5.26 Å². The average molecular weight is 197 g/mol. The lowest BCUT2D eigenvalue weighted by Crippen LogP contribution is -1.98. The van der Waals surface area contributed by atoms with Gasteiger partial charge in [0, 0.05) is 5.56 Å². The molecule has 66 valence electrons. The second kappa shape index (κ2) is 4.01. The van der Waals surface area contributed by atoms with Gasteiger partial charge in [-0.25, -0.2) is 4.39 Å². The van der Waals surface area contributed by atoms with Gasteiger partial charge in [-0.1, -0.05) is 11.6 Å². The van der Waals surface area contributed by atoms with E-state index in [9.17, 15) is 4.39 Å². The van der Waals surface area contributed by atoms with Gasteiger partial charge in [-0.15, -0.1) is 0 Å². The van der Waals surface area contributed by atoms with Crippen LogP contribution < -0.4 is 0 Å². The van der Waals surface area contributed by atoms with E-state index in [1.54, 1.807) is 0 Å². The molecule has 1 rings (SSSR count). The third kappa shape index (κ3) is 2.27. The molecule has 1 aromatic rings. The van der Waals surface area contributed by atoms with Crippen LogP contribution in [0.4, 0.5) is 4.39 Å². The highest BCUT2D eigenvalue weighted by atomic mass is 35.5. The van der Waals surface area contributed by atoms with Gasteiger partial charge >= 0.3 is 0 Å². The van der Waals surface area contributed by atoms with E-state index >= 15 is 0 Å². The maximum Gasteiger partial charge on any atom is 0.124 e. The van der Waals surface area contributed by atoms with Gasteiger partial charge in [0.1, 0.15) is 5.82 Å². The van der Waals surface area contributed by atoms with E-state index in [0.29, 0.717) is 5.56 Å². The zero-order valence-electron chi connectivity index (χ0n) is 6.64. The monoisotopic (exact) mass is 196 g/mol. The van der Waals surface area contributed by atoms with E-state index in [1.807, 2.05) is 6.07 Å². The van der Waals surface area contributed by atoms with Crippen LogP contribution in [0.2, 0.25) is 5.02 Å². The molecule has 0 fully saturated rings. The fourth-order valence-corrected chi connectivity index (χ4v) is 1.19. The van der Waals surface area contributed by atoms with Gasteiger partial charge in [0.2, 0.25) is 0 Å². The molecule has 4 heteroatoms. The van der Waals surface area contributed by atoms with Gasteiger partial charge in [0.15, 0.2) is 0 Å². The summed E-state index contributed by atoms with van der Waals surface area (Å²) in [4.78, 5) is 0. The molecule has 0 radical (unpaired) electrons. The van der Waals surface area contributed by atoms with E-state index < -0.39 is 5.82 Å². The molecular weight excluding hydrogens is 191 g/mol. The molecule has 0 bridgehead atoms. The highest BCUT2D eigenvalue weighted by Crippen LogP contribution is 2.18. The number of nitrogens with one attached hydrogen (secondary N) is 1. The van der Waals surface area contributed by atoms with Crippen molar-refractivity contribution in [2.75, 3.05) is 0 Å². The van der Waals surface area contributed by atoms with Crippen molar-refractivity contribution >= 4 is 17.3 Å². The van der Waals surface area contributed by atoms with Crippen molar-refractivity contribution in [2.45, 2.75) is 6.42 Å². The summed E-state index contributed by atoms with van der Waals surface area (Å²) in [5, 5.41) is 15.9. The summed E-state index contributed by atoms with van der Waals surface area (Å²) >= 11 is 5.67. The molecule has 0 aliphatic rings. The Morgan fingerprint density at radius 2 is 2.31 bits per heavy atom. The number of benzene rings is 1. The second-order valence-electron chi connectivity index (χ2n) is 2.44. The lowest BCUT2D eigenvalue weighted by molar-refractivity contribution is 0.628. The molecule has 0 atom stereocenters. The van der Waals surface area contributed by atoms with E-state index in [4.69, 9.17) is 22.3 Å². The number of hydrogen-bond acceptors (Lipinski definition) is 2. The fourth-order valence-electron chi connectivity index (χ4n) is 0.908. The van der Waals surface area contributed by atoms with E-state index in [-0.39, 0.29) is 17.2 Å². The smallest absolute Gasteiger partial charge is 0.124 e. The van der Waals surface area contributed by atoms with Crippen LogP contribution in [0.15, 0.2) is 18.2 Å². The largest absolute Gasteiger partial charge is 0.304 e. The number of halogens is 2. The molecule has 0 spiro atoms. The first-order valence-corrected chi connectivity index (χ1v) is 3.92. The average Bonchev–Trinajstić information content (AvgIpc) is 2.04. The topological polar surface area (TPSA) is 47.6 Å². The van der Waals surface area contributed by atoms with Crippen LogP contribution in [-0.4, -0.2) is 5.71 Å². The summed E-state index contributed by atoms with van der Waals surface area (Å²) in [7, 11) is 0. The molecule has 1 N–H and O–H groups in total. The second-order valence-corrected chi connectivity index (χ2v) is 2.84. The fraction of sp³-hybridized carbons (Fsp3) is 0.111. The van der Waals surface area contributed by atoms with Crippen LogP contribution >= 0.6 is 11.6 Å². The summed E-state index contributed by atoms with van der Waals surface area (Å²) in [6, 6.07) is 5.57. The van der Waals surface area contributed by atoms with E-state index in [0.717, 1.165) is 6.07 Å². The van der Waals surface area contributed by atoms with Crippen molar-refractivity contribution < 1.29 is 4.39 Å². The standard InChI is InChI=1S/C9H6ClFN2/c10-8-5-6(11)1-2-7(8)9(13)3-4-12/h1-2,5,13H,3H2. The summed E-state index contributed by atoms with van der Waals surface area (Å²) in [6.07, 6.45) is -0.0225. The van der Waals surface area contributed by atoms with Crippen LogP contribution in [0, 0.1) is 22.6 Å². The summed E-state index contributed by atoms with van der Waals surface area (Å²) < 4.78 is 12.6. The molecule has 0 heterocycles. The predicted octanol–water partition coefficient (Wildman–Crippen LogP) is 2.76. The Balaban J connectivity index is 3.03. The molecule has 2 nitrogen and oxygen atoms in total. The van der Waals surface area contributed by atoms with Gasteiger partial charge in [0.25, 0.3) is 0 Å². The number of rotatable bonds is 2. The summed E-state index contributed by atoms with van der Waals surface area (Å²) in [5.41, 5.74) is 0.511. The quantitative estimate of drug-likeness (QED) is 0.727. The van der Waals surface area contributed by atoms with Crippen molar-refractivity contribution in [3.63, 3.8) is 0 Å². The Bertz CT molecular complexity index is 382. The van der Waals surface area contributed by atoms with Crippen LogP contribution in [0.1, 0.15) is 12.0 Å². The van der Waals surface area contributed by atoms with Gasteiger partial charge < -0.3 is 5.41 Å². The SMILES string of the molecule is N#CCC(=N)c1ccc(F)cc1Cl. The Labute approximate surface area is 80.1 Å². The predicted molar refractivity (Wildman–Crippen MR) is 48.5 cm³/mol. The number of hydrogen-bond donors (Lipinski definition) is 1. The van der Waals surface area contributed by atoms with Crippen LogP contribution in [0.25, 0.3) is 0 Å². The van der Waals surface area contributed by atoms with Crippen molar-refractivity contribution in [3.05, 3.63) is 34.6 Å². The summed E-state index contributed by atoms with van der Waals surface area (Å²) in [5.74, 6) is -0.446. The first-order valence-electron chi connectivity index (χ1n) is 3.55. The van der Waals surface area contributed by atoms with Gasteiger partial charge in [-0.05, 0) is 18.2 Å². The number of nitrogens with zero attached hydrogens (tertiary/aromatic N) is 1. The first-order chi connectivity index (χ1) is 6.15.